The van der Waals surface area contributed by atoms with E-state index in [-0.39, 0.29) is 0 Å². The van der Waals surface area contributed by atoms with Gasteiger partial charge in [0.05, 0.1) is 13.0 Å². The molecule has 0 fully saturated rings. The number of benzene rings is 2. The van der Waals surface area contributed by atoms with Crippen LogP contribution in [0.25, 0.3) is 0 Å². The molecule has 0 unspecified atom stereocenters. The Morgan fingerprint density at radius 3 is 2.24 bits per heavy atom. The van der Waals surface area contributed by atoms with Crippen molar-refractivity contribution < 1.29 is 8.42 Å². The van der Waals surface area contributed by atoms with Gasteiger partial charge in [0.1, 0.15) is 0 Å². The van der Waals surface area contributed by atoms with Gasteiger partial charge in [0, 0.05) is 6.54 Å². The van der Waals surface area contributed by atoms with Gasteiger partial charge in [-0.2, -0.15) is 0 Å². The quantitative estimate of drug-likeness (QED) is 0.564. The number of hydrogen-bond donors (Lipinski definition) is 1. The van der Waals surface area contributed by atoms with Gasteiger partial charge in [-0.25, -0.2) is 13.1 Å². The molecule has 0 aliphatic rings. The maximum atomic E-state index is 12.4. The smallest absolute Gasteiger partial charge is 0.211 e. The highest BCUT2D eigenvalue weighted by Crippen LogP contribution is 2.26. The topological polar surface area (TPSA) is 46.2 Å². The molecule has 0 spiro atoms. The lowest BCUT2D eigenvalue weighted by Crippen LogP contribution is -2.46. The summed E-state index contributed by atoms with van der Waals surface area (Å²) in [6, 6.07) is 17.4. The summed E-state index contributed by atoms with van der Waals surface area (Å²) < 4.78 is 27.5. The lowest BCUT2D eigenvalue weighted by molar-refractivity contribution is 0.579. The van der Waals surface area contributed by atoms with Crippen molar-refractivity contribution in [2.75, 3.05) is 6.54 Å². The van der Waals surface area contributed by atoms with Crippen LogP contribution in [0.15, 0.2) is 72.1 Å². The summed E-state index contributed by atoms with van der Waals surface area (Å²) in [4.78, 5) is 0.313. The molecule has 0 amide bonds. The summed E-state index contributed by atoms with van der Waals surface area (Å²) in [5.41, 5.74) is 1.34. The van der Waals surface area contributed by atoms with Crippen molar-refractivity contribution in [3.63, 3.8) is 0 Å². The van der Waals surface area contributed by atoms with Crippen LogP contribution in [0.2, 0.25) is 18.6 Å². The van der Waals surface area contributed by atoms with Crippen LogP contribution in [-0.2, 0) is 10.0 Å². The minimum atomic E-state index is -3.46. The third kappa shape index (κ3) is 4.90. The predicted molar refractivity (Wildman–Crippen MR) is 108 cm³/mol. The highest BCUT2D eigenvalue weighted by atomic mass is 32.2. The highest BCUT2D eigenvalue weighted by molar-refractivity contribution is 7.89. The van der Waals surface area contributed by atoms with Crippen molar-refractivity contribution in [3.05, 3.63) is 72.8 Å². The van der Waals surface area contributed by atoms with Crippen LogP contribution >= 0.6 is 0 Å². The zero-order chi connectivity index (χ0) is 18.5. The standard InChI is InChI=1S/C20H27NO2SSi/c1-5-19(25(3,4)20-9-7-6-8-10-20)15-16-21-24(22,23)18-13-11-17(2)12-14-18/h5-14,19,21H,1,15-16H2,2-4H3/t19-/m1/s1. The maximum Gasteiger partial charge on any atom is 0.240 e. The largest absolute Gasteiger partial charge is 0.240 e. The van der Waals surface area contributed by atoms with E-state index < -0.39 is 18.1 Å². The van der Waals surface area contributed by atoms with Crippen LogP contribution in [0.3, 0.4) is 0 Å². The fourth-order valence-electron chi connectivity index (χ4n) is 3.00. The molecule has 5 heteroatoms. The van der Waals surface area contributed by atoms with Gasteiger partial charge in [0.15, 0.2) is 0 Å². The molecule has 0 bridgehead atoms. The molecule has 25 heavy (non-hydrogen) atoms. The average Bonchev–Trinajstić information content (AvgIpc) is 2.59. The number of rotatable bonds is 8. The highest BCUT2D eigenvalue weighted by Gasteiger charge is 2.31. The van der Waals surface area contributed by atoms with Crippen LogP contribution in [0.5, 0.6) is 0 Å². The van der Waals surface area contributed by atoms with E-state index in [1.54, 1.807) is 12.1 Å². The lowest BCUT2D eigenvalue weighted by Gasteiger charge is -2.31. The van der Waals surface area contributed by atoms with Gasteiger partial charge in [0.25, 0.3) is 0 Å². The number of allylic oxidation sites excluding steroid dienone is 1. The number of aryl methyl sites for hydroxylation is 1. The van der Waals surface area contributed by atoms with Crippen molar-refractivity contribution in [2.45, 2.75) is 36.9 Å². The Morgan fingerprint density at radius 1 is 1.08 bits per heavy atom. The molecule has 0 aliphatic carbocycles. The Hall–Kier alpha value is -1.69. The summed E-state index contributed by atoms with van der Waals surface area (Å²) in [6.45, 7) is 11.0. The first kappa shape index (κ1) is 19.6. The van der Waals surface area contributed by atoms with Gasteiger partial charge in [-0.1, -0.05) is 72.4 Å². The Kier molecular flexibility index (Phi) is 6.38. The van der Waals surface area contributed by atoms with Gasteiger partial charge < -0.3 is 0 Å². The molecule has 0 aliphatic heterocycles. The molecular weight excluding hydrogens is 346 g/mol. The van der Waals surface area contributed by atoms with Crippen molar-refractivity contribution in [3.8, 4) is 0 Å². The Morgan fingerprint density at radius 2 is 1.68 bits per heavy atom. The summed E-state index contributed by atoms with van der Waals surface area (Å²) in [6.07, 6.45) is 2.74. The normalized spacial score (nSPS) is 13.4. The minimum Gasteiger partial charge on any atom is -0.211 e. The monoisotopic (exact) mass is 373 g/mol. The van der Waals surface area contributed by atoms with E-state index in [4.69, 9.17) is 0 Å². The van der Waals surface area contributed by atoms with Crippen LogP contribution in [0.4, 0.5) is 0 Å². The van der Waals surface area contributed by atoms with Crippen LogP contribution in [-0.4, -0.2) is 23.0 Å². The van der Waals surface area contributed by atoms with Crippen LogP contribution < -0.4 is 9.91 Å². The average molecular weight is 374 g/mol. The zero-order valence-corrected chi connectivity index (χ0v) is 17.0. The molecule has 0 aromatic heterocycles. The molecule has 134 valence electrons. The van der Waals surface area contributed by atoms with Gasteiger partial charge in [-0.15, -0.1) is 6.58 Å². The van der Waals surface area contributed by atoms with E-state index in [1.807, 2.05) is 31.2 Å². The third-order valence-electron chi connectivity index (χ3n) is 4.81. The number of nitrogens with one attached hydrogen (secondary N) is 1. The van der Waals surface area contributed by atoms with Crippen LogP contribution in [0.1, 0.15) is 12.0 Å². The van der Waals surface area contributed by atoms with E-state index in [0.29, 0.717) is 17.0 Å². The van der Waals surface area contributed by atoms with E-state index in [9.17, 15) is 8.42 Å². The molecule has 0 radical (unpaired) electrons. The maximum absolute atomic E-state index is 12.4. The Labute approximate surface area is 152 Å². The molecule has 2 aromatic rings. The van der Waals surface area contributed by atoms with Crippen molar-refractivity contribution in [2.24, 2.45) is 0 Å². The number of sulfonamides is 1. The molecular formula is C20H27NO2SSi. The van der Waals surface area contributed by atoms with Crippen molar-refractivity contribution >= 4 is 23.3 Å². The summed E-state index contributed by atoms with van der Waals surface area (Å²) in [5, 5.41) is 1.36. The Balaban J connectivity index is 2.03. The second-order valence-corrected chi connectivity index (χ2v) is 13.5. The first-order valence-corrected chi connectivity index (χ1v) is 13.1. The molecule has 3 nitrogen and oxygen atoms in total. The fraction of sp³-hybridized carbons (Fsp3) is 0.300. The lowest BCUT2D eigenvalue weighted by atomic mass is 10.2. The first-order valence-electron chi connectivity index (χ1n) is 8.52. The molecule has 1 N–H and O–H groups in total. The van der Waals surface area contributed by atoms with Gasteiger partial charge in [0.2, 0.25) is 10.0 Å². The second-order valence-electron chi connectivity index (χ2n) is 6.93. The van der Waals surface area contributed by atoms with Crippen LogP contribution in [0, 0.1) is 6.92 Å². The first-order chi connectivity index (χ1) is 11.8. The van der Waals surface area contributed by atoms with E-state index >= 15 is 0 Å². The van der Waals surface area contributed by atoms with Crippen molar-refractivity contribution in [1.82, 2.24) is 4.72 Å². The molecule has 0 saturated heterocycles. The number of hydrogen-bond acceptors (Lipinski definition) is 2. The van der Waals surface area contributed by atoms with Gasteiger partial charge in [-0.3, -0.25) is 0 Å². The minimum absolute atomic E-state index is 0.301. The van der Waals surface area contributed by atoms with E-state index in [1.165, 1.54) is 5.19 Å². The predicted octanol–water partition coefficient (Wildman–Crippen LogP) is 3.84. The molecule has 0 saturated carbocycles. The zero-order valence-electron chi connectivity index (χ0n) is 15.2. The third-order valence-corrected chi connectivity index (χ3v) is 10.5. The fourth-order valence-corrected chi connectivity index (χ4v) is 6.99. The molecule has 2 rings (SSSR count). The molecule has 1 atom stereocenters. The van der Waals surface area contributed by atoms with Crippen molar-refractivity contribution in [1.29, 1.82) is 0 Å². The van der Waals surface area contributed by atoms with E-state index in [2.05, 4.69) is 48.7 Å². The molecule has 2 aromatic carbocycles. The second kappa shape index (κ2) is 8.12. The van der Waals surface area contributed by atoms with Gasteiger partial charge in [-0.05, 0) is 31.0 Å². The Bertz CT molecular complexity index is 799. The van der Waals surface area contributed by atoms with E-state index in [0.717, 1.165) is 12.0 Å². The summed E-state index contributed by atoms with van der Waals surface area (Å²) in [7, 11) is -5.20. The van der Waals surface area contributed by atoms with Gasteiger partial charge >= 0.3 is 0 Å². The summed E-state index contributed by atoms with van der Waals surface area (Å²) in [5.74, 6) is 0. The SMILES string of the molecule is C=C[C@H](CCNS(=O)(=O)c1ccc(C)cc1)[Si](C)(C)c1ccccc1. The summed E-state index contributed by atoms with van der Waals surface area (Å²) >= 11 is 0. The molecule has 0 heterocycles.